The molecule has 138 valence electrons. The lowest BCUT2D eigenvalue weighted by atomic mass is 10.1. The second-order valence-electron chi connectivity index (χ2n) is 5.47. The number of hydrogen-bond acceptors (Lipinski definition) is 8. The Morgan fingerprint density at radius 1 is 1.54 bits per heavy atom. The molecule has 2 rings (SSSR count). The predicted octanol–water partition coefficient (Wildman–Crippen LogP) is 1.77. The van der Waals surface area contributed by atoms with E-state index in [9.17, 15) is 8.42 Å². The maximum Gasteiger partial charge on any atom is 0.247 e. The molecule has 1 aromatic rings. The van der Waals surface area contributed by atoms with E-state index in [1.165, 1.54) is 11.3 Å². The highest BCUT2D eigenvalue weighted by molar-refractivity contribution is 7.99. The zero-order valence-electron chi connectivity index (χ0n) is 14.1. The van der Waals surface area contributed by atoms with Crippen molar-refractivity contribution in [1.29, 1.82) is 0 Å². The van der Waals surface area contributed by atoms with Crippen LogP contribution in [0.5, 0.6) is 0 Å². The quantitative estimate of drug-likeness (QED) is 0.374. The van der Waals surface area contributed by atoms with E-state index < -0.39 is 10.0 Å². The van der Waals surface area contributed by atoms with E-state index in [1.807, 2.05) is 13.8 Å². The summed E-state index contributed by atoms with van der Waals surface area (Å²) in [5.74, 6) is 0. The molecule has 24 heavy (non-hydrogen) atoms. The Morgan fingerprint density at radius 3 is 2.92 bits per heavy atom. The maximum atomic E-state index is 11.6. The molecule has 0 aromatic carbocycles. The highest BCUT2D eigenvalue weighted by Crippen LogP contribution is 2.43. The number of thiophene rings is 1. The largest absolute Gasteiger partial charge is 0.356 e. The highest BCUT2D eigenvalue weighted by atomic mass is 32.3. The van der Waals surface area contributed by atoms with Crippen LogP contribution in [-0.2, 0) is 19.5 Å². The van der Waals surface area contributed by atoms with Gasteiger partial charge in [-0.05, 0) is 43.5 Å². The zero-order chi connectivity index (χ0) is 17.7. The summed E-state index contributed by atoms with van der Waals surface area (Å²) in [5.41, 5.74) is 1.02. The molecule has 2 atom stereocenters. The molecule has 1 aromatic heterocycles. The lowest BCUT2D eigenvalue weighted by Crippen LogP contribution is -2.35. The molecule has 1 aliphatic rings. The van der Waals surface area contributed by atoms with Gasteiger partial charge >= 0.3 is 0 Å². The van der Waals surface area contributed by atoms with Gasteiger partial charge in [0.25, 0.3) is 0 Å². The number of rotatable bonds is 9. The van der Waals surface area contributed by atoms with E-state index in [1.54, 1.807) is 25.1 Å². The molecule has 7 nitrogen and oxygen atoms in total. The summed E-state index contributed by atoms with van der Waals surface area (Å²) in [7, 11) is -2.04. The molecule has 2 heterocycles. The van der Waals surface area contributed by atoms with Crippen molar-refractivity contribution < 1.29 is 17.9 Å². The summed E-state index contributed by atoms with van der Waals surface area (Å²) in [6.07, 6.45) is 0.678. The number of ether oxygens (including phenoxy) is 2. The summed E-state index contributed by atoms with van der Waals surface area (Å²) in [6.45, 7) is 7.01. The van der Waals surface area contributed by atoms with Gasteiger partial charge in [0.1, 0.15) is 4.21 Å². The summed E-state index contributed by atoms with van der Waals surface area (Å²) in [4.78, 5) is 0. The van der Waals surface area contributed by atoms with Gasteiger partial charge in [-0.2, -0.15) is 0 Å². The monoisotopic (exact) mass is 395 g/mol. The van der Waals surface area contributed by atoms with Gasteiger partial charge in [0, 0.05) is 26.2 Å². The molecule has 0 fully saturated rings. The fourth-order valence-corrected chi connectivity index (χ4v) is 5.96. The van der Waals surface area contributed by atoms with Crippen molar-refractivity contribution in [3.05, 3.63) is 11.6 Å². The van der Waals surface area contributed by atoms with Gasteiger partial charge < -0.3 is 14.8 Å². The Morgan fingerprint density at radius 2 is 2.29 bits per heavy atom. The van der Waals surface area contributed by atoms with Gasteiger partial charge in [0.15, 0.2) is 6.29 Å². The van der Waals surface area contributed by atoms with E-state index in [-0.39, 0.29) is 16.5 Å². The number of hydrogen-bond donors (Lipinski definition) is 2. The minimum Gasteiger partial charge on any atom is -0.356 e. The molecule has 2 unspecified atom stereocenters. The lowest BCUT2D eigenvalue weighted by Gasteiger charge is -2.32. The molecule has 0 saturated carbocycles. The SMILES string of the molecule is CCNC1CN(CCCOC(C)OC)Sc2sc(S(N)(=O)=O)cc21. The van der Waals surface area contributed by atoms with Crippen molar-refractivity contribution in [3.63, 3.8) is 0 Å². The molecule has 0 bridgehead atoms. The van der Waals surface area contributed by atoms with Gasteiger partial charge in [-0.3, -0.25) is 0 Å². The predicted molar refractivity (Wildman–Crippen MR) is 96.6 cm³/mol. The van der Waals surface area contributed by atoms with Crippen LogP contribution in [0.15, 0.2) is 14.5 Å². The molecular weight excluding hydrogens is 370 g/mol. The first-order valence-electron chi connectivity index (χ1n) is 7.82. The number of nitrogens with one attached hydrogen (secondary N) is 1. The second-order valence-corrected chi connectivity index (χ2v) is 9.68. The van der Waals surface area contributed by atoms with E-state index in [4.69, 9.17) is 14.6 Å². The summed E-state index contributed by atoms with van der Waals surface area (Å²) < 4.78 is 37.2. The molecule has 10 heteroatoms. The second kappa shape index (κ2) is 8.95. The van der Waals surface area contributed by atoms with Crippen LogP contribution in [0, 0.1) is 0 Å². The smallest absolute Gasteiger partial charge is 0.247 e. The van der Waals surface area contributed by atoms with E-state index in [0.717, 1.165) is 35.8 Å². The summed E-state index contributed by atoms with van der Waals surface area (Å²) in [5, 5.41) is 8.69. The molecular formula is C14H25N3O4S3. The third-order valence-electron chi connectivity index (χ3n) is 3.64. The first-order chi connectivity index (χ1) is 11.3. The van der Waals surface area contributed by atoms with Gasteiger partial charge in [0.2, 0.25) is 10.0 Å². The Labute approximate surface area is 152 Å². The van der Waals surface area contributed by atoms with Crippen molar-refractivity contribution in [2.75, 3.05) is 33.4 Å². The third kappa shape index (κ3) is 5.40. The van der Waals surface area contributed by atoms with Gasteiger partial charge in [-0.1, -0.05) is 6.92 Å². The molecule has 0 spiro atoms. The van der Waals surface area contributed by atoms with Crippen molar-refractivity contribution in [2.45, 2.75) is 41.0 Å². The Bertz CT molecular complexity index is 635. The number of nitrogens with zero attached hydrogens (tertiary/aromatic N) is 1. The number of nitrogens with two attached hydrogens (primary N) is 1. The van der Waals surface area contributed by atoms with Gasteiger partial charge in [0.05, 0.1) is 10.8 Å². The van der Waals surface area contributed by atoms with Crippen LogP contribution in [-0.4, -0.2) is 52.4 Å². The van der Waals surface area contributed by atoms with Gasteiger partial charge in [-0.25, -0.2) is 17.9 Å². The Balaban J connectivity index is 2.01. The Kier molecular flexibility index (Phi) is 7.50. The lowest BCUT2D eigenvalue weighted by molar-refractivity contribution is -0.111. The van der Waals surface area contributed by atoms with Crippen LogP contribution in [0.2, 0.25) is 0 Å². The normalized spacial score (nSPS) is 20.1. The molecule has 0 aliphatic carbocycles. The maximum absolute atomic E-state index is 11.6. The van der Waals surface area contributed by atoms with Crippen molar-refractivity contribution in [2.24, 2.45) is 5.14 Å². The molecule has 1 aliphatic heterocycles. The van der Waals surface area contributed by atoms with Crippen LogP contribution >= 0.6 is 23.3 Å². The highest BCUT2D eigenvalue weighted by Gasteiger charge is 2.29. The number of primary sulfonamides is 1. The first-order valence-corrected chi connectivity index (χ1v) is 11.0. The first kappa shape index (κ1) is 20.1. The number of sulfonamides is 1. The summed E-state index contributed by atoms with van der Waals surface area (Å²) in [6, 6.07) is 1.81. The number of methoxy groups -OCH3 is 1. The zero-order valence-corrected chi connectivity index (χ0v) is 16.6. The summed E-state index contributed by atoms with van der Waals surface area (Å²) >= 11 is 2.83. The Hall–Kier alpha value is -0.200. The molecule has 0 saturated heterocycles. The average Bonchev–Trinajstić information content (AvgIpc) is 2.96. The topological polar surface area (TPSA) is 93.9 Å². The molecule has 0 amide bonds. The number of likely N-dealkylation sites (N-methyl/N-ethyl adjacent to an activating group) is 1. The molecule has 3 N–H and O–H groups in total. The van der Waals surface area contributed by atoms with Crippen LogP contribution in [0.25, 0.3) is 0 Å². The third-order valence-corrected chi connectivity index (χ3v) is 7.47. The van der Waals surface area contributed by atoms with Gasteiger partial charge in [-0.15, -0.1) is 11.3 Å². The minimum absolute atomic E-state index is 0.108. The average molecular weight is 396 g/mol. The van der Waals surface area contributed by atoms with E-state index in [0.29, 0.717) is 6.61 Å². The minimum atomic E-state index is -3.66. The van der Waals surface area contributed by atoms with E-state index >= 15 is 0 Å². The fourth-order valence-electron chi connectivity index (χ4n) is 2.39. The van der Waals surface area contributed by atoms with Crippen LogP contribution in [0.4, 0.5) is 0 Å². The number of fused-ring (bicyclic) bond motifs is 1. The van der Waals surface area contributed by atoms with Crippen molar-refractivity contribution in [3.8, 4) is 0 Å². The van der Waals surface area contributed by atoms with Crippen molar-refractivity contribution in [1.82, 2.24) is 9.62 Å². The van der Waals surface area contributed by atoms with Crippen LogP contribution in [0.1, 0.15) is 31.9 Å². The van der Waals surface area contributed by atoms with Crippen LogP contribution < -0.4 is 10.5 Å². The molecule has 0 radical (unpaired) electrons. The fraction of sp³-hybridized carbons (Fsp3) is 0.714. The van der Waals surface area contributed by atoms with E-state index in [2.05, 4.69) is 9.62 Å². The van der Waals surface area contributed by atoms with Crippen molar-refractivity contribution >= 4 is 33.3 Å². The standard InChI is InChI=1S/C14H25N3O4S3/c1-4-16-12-9-17(6-5-7-21-10(2)20-3)23-14-11(12)8-13(22-14)24(15,18)19/h8,10,12,16H,4-7,9H2,1-3H3,(H2,15,18,19). The van der Waals surface area contributed by atoms with Crippen LogP contribution in [0.3, 0.4) is 0 Å².